The first-order valence-electron chi connectivity index (χ1n) is 9.39. The standard InChI is InChI=1S/C21H20Cl2N4O2/c22-15-4-6-17(7-5-15)24-21(29)27-9-1-8-26(10-11-27)20(28)19-12-14-2-3-16(23)13-18(14)25-19/h2-7,12-13,25H,1,8-11H2,(H,24,29). The lowest BCUT2D eigenvalue weighted by atomic mass is 10.2. The van der Waals surface area contributed by atoms with E-state index in [0.29, 0.717) is 54.0 Å². The Balaban J connectivity index is 1.40. The summed E-state index contributed by atoms with van der Waals surface area (Å²) in [5, 5.41) is 5.05. The van der Waals surface area contributed by atoms with Crippen LogP contribution in [0, 0.1) is 0 Å². The predicted octanol–water partition coefficient (Wildman–Crippen LogP) is 4.85. The van der Waals surface area contributed by atoms with Crippen LogP contribution in [0.25, 0.3) is 10.9 Å². The molecule has 0 spiro atoms. The van der Waals surface area contributed by atoms with Gasteiger partial charge >= 0.3 is 6.03 Å². The monoisotopic (exact) mass is 430 g/mol. The molecule has 150 valence electrons. The van der Waals surface area contributed by atoms with Crippen LogP contribution in [0.2, 0.25) is 10.0 Å². The largest absolute Gasteiger partial charge is 0.350 e. The Morgan fingerprint density at radius 1 is 0.862 bits per heavy atom. The molecule has 1 aliphatic rings. The van der Waals surface area contributed by atoms with E-state index in [1.54, 1.807) is 46.2 Å². The molecule has 0 bridgehead atoms. The molecular formula is C21H20Cl2N4O2. The highest BCUT2D eigenvalue weighted by Crippen LogP contribution is 2.21. The molecule has 3 aromatic rings. The van der Waals surface area contributed by atoms with Crippen LogP contribution in [0.5, 0.6) is 0 Å². The Kier molecular flexibility index (Phi) is 5.65. The molecule has 1 fully saturated rings. The van der Waals surface area contributed by atoms with Crippen LogP contribution in [-0.2, 0) is 0 Å². The third kappa shape index (κ3) is 4.49. The van der Waals surface area contributed by atoms with Gasteiger partial charge in [-0.2, -0.15) is 0 Å². The fourth-order valence-electron chi connectivity index (χ4n) is 3.44. The number of hydrogen-bond donors (Lipinski definition) is 2. The summed E-state index contributed by atoms with van der Waals surface area (Å²) in [5.74, 6) is -0.0720. The number of halogens is 2. The van der Waals surface area contributed by atoms with Crippen molar-refractivity contribution in [3.8, 4) is 0 Å². The van der Waals surface area contributed by atoms with Gasteiger partial charge in [-0.1, -0.05) is 29.3 Å². The lowest BCUT2D eigenvalue weighted by Gasteiger charge is -2.22. The molecule has 0 radical (unpaired) electrons. The zero-order chi connectivity index (χ0) is 20.4. The third-order valence-corrected chi connectivity index (χ3v) is 5.47. The Bertz CT molecular complexity index is 1050. The van der Waals surface area contributed by atoms with Crippen molar-refractivity contribution in [2.45, 2.75) is 6.42 Å². The molecule has 1 aliphatic heterocycles. The Morgan fingerprint density at radius 2 is 1.55 bits per heavy atom. The van der Waals surface area contributed by atoms with E-state index in [-0.39, 0.29) is 11.9 Å². The zero-order valence-electron chi connectivity index (χ0n) is 15.6. The number of aromatic nitrogens is 1. The van der Waals surface area contributed by atoms with Gasteiger partial charge in [-0.3, -0.25) is 4.79 Å². The lowest BCUT2D eigenvalue weighted by molar-refractivity contribution is 0.0758. The summed E-state index contributed by atoms with van der Waals surface area (Å²) in [4.78, 5) is 32.2. The van der Waals surface area contributed by atoms with E-state index in [1.807, 2.05) is 12.1 Å². The summed E-state index contributed by atoms with van der Waals surface area (Å²) >= 11 is 11.9. The average molecular weight is 431 g/mol. The van der Waals surface area contributed by atoms with Crippen molar-refractivity contribution in [3.05, 3.63) is 64.3 Å². The van der Waals surface area contributed by atoms with Gasteiger partial charge in [-0.25, -0.2) is 4.79 Å². The van der Waals surface area contributed by atoms with E-state index >= 15 is 0 Å². The second kappa shape index (κ2) is 8.35. The van der Waals surface area contributed by atoms with Gasteiger partial charge in [0, 0.05) is 52.8 Å². The van der Waals surface area contributed by atoms with Crippen molar-refractivity contribution in [1.82, 2.24) is 14.8 Å². The number of urea groups is 1. The molecule has 6 nitrogen and oxygen atoms in total. The minimum Gasteiger partial charge on any atom is -0.350 e. The molecular weight excluding hydrogens is 411 g/mol. The van der Waals surface area contributed by atoms with Gasteiger partial charge in [0.25, 0.3) is 5.91 Å². The maximum atomic E-state index is 12.9. The summed E-state index contributed by atoms with van der Waals surface area (Å²) in [6.07, 6.45) is 0.714. The number of aromatic amines is 1. The number of benzene rings is 2. The van der Waals surface area contributed by atoms with Crippen molar-refractivity contribution in [3.63, 3.8) is 0 Å². The number of fused-ring (bicyclic) bond motifs is 1. The van der Waals surface area contributed by atoms with E-state index in [2.05, 4.69) is 10.3 Å². The number of anilines is 1. The predicted molar refractivity (Wildman–Crippen MR) is 116 cm³/mol. The summed E-state index contributed by atoms with van der Waals surface area (Å²) < 4.78 is 0. The number of hydrogen-bond acceptors (Lipinski definition) is 2. The van der Waals surface area contributed by atoms with Crippen LogP contribution in [-0.4, -0.2) is 52.9 Å². The molecule has 8 heteroatoms. The van der Waals surface area contributed by atoms with Crippen LogP contribution < -0.4 is 5.32 Å². The number of nitrogens with zero attached hydrogens (tertiary/aromatic N) is 2. The highest BCUT2D eigenvalue weighted by molar-refractivity contribution is 6.31. The fraction of sp³-hybridized carbons (Fsp3) is 0.238. The van der Waals surface area contributed by atoms with E-state index in [1.165, 1.54) is 0 Å². The van der Waals surface area contributed by atoms with Crippen molar-refractivity contribution in [2.75, 3.05) is 31.5 Å². The first-order valence-corrected chi connectivity index (χ1v) is 10.1. The molecule has 0 unspecified atom stereocenters. The second-order valence-corrected chi connectivity index (χ2v) is 7.86. The first kappa shape index (κ1) is 19.6. The SMILES string of the molecule is O=C(Nc1ccc(Cl)cc1)N1CCCN(C(=O)c2cc3ccc(Cl)cc3[nH]2)CC1. The lowest BCUT2D eigenvalue weighted by Crippen LogP contribution is -2.39. The molecule has 29 heavy (non-hydrogen) atoms. The molecule has 2 N–H and O–H groups in total. The van der Waals surface area contributed by atoms with Gasteiger partial charge in [-0.05, 0) is 48.9 Å². The molecule has 0 aliphatic carbocycles. The molecule has 1 aromatic heterocycles. The Labute approximate surface area is 178 Å². The molecule has 0 saturated carbocycles. The minimum atomic E-state index is -0.179. The van der Waals surface area contributed by atoms with Crippen molar-refractivity contribution in [1.29, 1.82) is 0 Å². The van der Waals surface area contributed by atoms with Crippen LogP contribution in [0.3, 0.4) is 0 Å². The number of rotatable bonds is 2. The Morgan fingerprint density at radius 3 is 2.34 bits per heavy atom. The second-order valence-electron chi connectivity index (χ2n) is 6.98. The third-order valence-electron chi connectivity index (χ3n) is 4.98. The summed E-state index contributed by atoms with van der Waals surface area (Å²) in [5.41, 5.74) is 2.05. The van der Waals surface area contributed by atoms with E-state index in [0.717, 1.165) is 10.9 Å². The first-order chi connectivity index (χ1) is 14.0. The van der Waals surface area contributed by atoms with Gasteiger partial charge in [-0.15, -0.1) is 0 Å². The summed E-state index contributed by atoms with van der Waals surface area (Å²) in [6.45, 7) is 2.13. The van der Waals surface area contributed by atoms with Crippen LogP contribution in [0.4, 0.5) is 10.5 Å². The molecule has 1 saturated heterocycles. The number of H-pyrrole nitrogens is 1. The molecule has 0 atom stereocenters. The van der Waals surface area contributed by atoms with Gasteiger partial charge in [0.1, 0.15) is 5.69 Å². The fourth-order valence-corrected chi connectivity index (χ4v) is 3.74. The molecule has 3 amide bonds. The van der Waals surface area contributed by atoms with E-state index in [4.69, 9.17) is 23.2 Å². The zero-order valence-corrected chi connectivity index (χ0v) is 17.1. The quantitative estimate of drug-likeness (QED) is 0.609. The maximum absolute atomic E-state index is 12.9. The van der Waals surface area contributed by atoms with Crippen LogP contribution in [0.1, 0.15) is 16.9 Å². The minimum absolute atomic E-state index is 0.0720. The topological polar surface area (TPSA) is 68.4 Å². The number of carbonyl (C=O) groups is 2. The average Bonchev–Trinajstić information content (AvgIpc) is 2.96. The number of amides is 3. The highest BCUT2D eigenvalue weighted by Gasteiger charge is 2.24. The highest BCUT2D eigenvalue weighted by atomic mass is 35.5. The summed E-state index contributed by atoms with van der Waals surface area (Å²) in [7, 11) is 0. The smallest absolute Gasteiger partial charge is 0.321 e. The summed E-state index contributed by atoms with van der Waals surface area (Å²) in [6, 6.07) is 14.1. The van der Waals surface area contributed by atoms with Crippen molar-refractivity contribution < 1.29 is 9.59 Å². The van der Waals surface area contributed by atoms with Gasteiger partial charge in [0.05, 0.1) is 0 Å². The van der Waals surface area contributed by atoms with Crippen molar-refractivity contribution >= 4 is 51.7 Å². The van der Waals surface area contributed by atoms with Gasteiger partial charge in [0.2, 0.25) is 0 Å². The molecule has 4 rings (SSSR count). The van der Waals surface area contributed by atoms with Crippen LogP contribution >= 0.6 is 23.2 Å². The van der Waals surface area contributed by atoms with Crippen molar-refractivity contribution in [2.24, 2.45) is 0 Å². The van der Waals surface area contributed by atoms with E-state index < -0.39 is 0 Å². The number of carbonyl (C=O) groups excluding carboxylic acids is 2. The normalized spacial score (nSPS) is 14.7. The van der Waals surface area contributed by atoms with E-state index in [9.17, 15) is 9.59 Å². The Hall–Kier alpha value is -2.70. The maximum Gasteiger partial charge on any atom is 0.321 e. The van der Waals surface area contributed by atoms with Gasteiger partial charge < -0.3 is 20.1 Å². The molecule has 2 aromatic carbocycles. The number of nitrogens with one attached hydrogen (secondary N) is 2. The van der Waals surface area contributed by atoms with Gasteiger partial charge in [0.15, 0.2) is 0 Å². The van der Waals surface area contributed by atoms with Crippen LogP contribution in [0.15, 0.2) is 48.5 Å². The molecule has 2 heterocycles.